The van der Waals surface area contributed by atoms with Gasteiger partial charge < -0.3 is 5.32 Å². The van der Waals surface area contributed by atoms with Gasteiger partial charge in [-0.05, 0) is 19.8 Å². The summed E-state index contributed by atoms with van der Waals surface area (Å²) in [7, 11) is 0. The lowest BCUT2D eigenvalue weighted by Crippen LogP contribution is -2.45. The number of rotatable bonds is 2. The highest BCUT2D eigenvalue weighted by atomic mass is 19.4. The zero-order valence-corrected chi connectivity index (χ0v) is 7.33. The van der Waals surface area contributed by atoms with E-state index in [9.17, 15) is 18.0 Å². The van der Waals surface area contributed by atoms with Crippen molar-refractivity contribution in [1.82, 2.24) is 5.32 Å². The maximum absolute atomic E-state index is 11.9. The minimum Gasteiger partial charge on any atom is -0.340 e. The SMILES string of the molecule is C#CC(=O)NC(C)(C)CC(F)(F)F. The lowest BCUT2D eigenvalue weighted by molar-refractivity contribution is -0.148. The molecular formula is C8H10F3NO. The van der Waals surface area contributed by atoms with Gasteiger partial charge in [-0.3, -0.25) is 4.79 Å². The molecule has 0 aromatic heterocycles. The van der Waals surface area contributed by atoms with E-state index >= 15 is 0 Å². The molecule has 0 unspecified atom stereocenters. The van der Waals surface area contributed by atoms with Crippen LogP contribution in [0.5, 0.6) is 0 Å². The van der Waals surface area contributed by atoms with Gasteiger partial charge in [0.2, 0.25) is 0 Å². The molecule has 0 aliphatic rings. The summed E-state index contributed by atoms with van der Waals surface area (Å²) in [6.07, 6.45) is -0.718. The Bertz CT molecular complexity index is 237. The Morgan fingerprint density at radius 2 is 1.92 bits per heavy atom. The molecule has 0 radical (unpaired) electrons. The molecule has 0 aliphatic carbocycles. The van der Waals surface area contributed by atoms with Gasteiger partial charge in [0.05, 0.1) is 6.42 Å². The van der Waals surface area contributed by atoms with Crippen LogP contribution in [-0.2, 0) is 4.79 Å². The Morgan fingerprint density at radius 1 is 1.46 bits per heavy atom. The zero-order chi connectivity index (χ0) is 10.7. The van der Waals surface area contributed by atoms with E-state index in [0.717, 1.165) is 0 Å². The number of nitrogens with one attached hydrogen (secondary N) is 1. The van der Waals surface area contributed by atoms with Gasteiger partial charge in [0.1, 0.15) is 0 Å². The van der Waals surface area contributed by atoms with Gasteiger partial charge in [-0.2, -0.15) is 13.2 Å². The molecule has 13 heavy (non-hydrogen) atoms. The number of alkyl halides is 3. The highest BCUT2D eigenvalue weighted by Gasteiger charge is 2.37. The smallest absolute Gasteiger partial charge is 0.340 e. The van der Waals surface area contributed by atoms with E-state index in [1.165, 1.54) is 13.8 Å². The van der Waals surface area contributed by atoms with Crippen LogP contribution in [0.15, 0.2) is 0 Å². The normalized spacial score (nSPS) is 12.0. The van der Waals surface area contributed by atoms with Crippen LogP contribution in [0.1, 0.15) is 20.3 Å². The summed E-state index contributed by atoms with van der Waals surface area (Å²) < 4.78 is 35.7. The van der Waals surface area contributed by atoms with Crippen molar-refractivity contribution in [2.45, 2.75) is 32.0 Å². The summed E-state index contributed by atoms with van der Waals surface area (Å²) in [6.45, 7) is 2.52. The molecule has 0 heterocycles. The number of terminal acetylenes is 1. The first-order chi connectivity index (χ1) is 5.66. The van der Waals surface area contributed by atoms with Crippen LogP contribution < -0.4 is 5.32 Å². The first-order valence-corrected chi connectivity index (χ1v) is 3.52. The lowest BCUT2D eigenvalue weighted by Gasteiger charge is -2.26. The Hall–Kier alpha value is -1.18. The maximum atomic E-state index is 11.9. The first-order valence-electron chi connectivity index (χ1n) is 3.52. The summed E-state index contributed by atoms with van der Waals surface area (Å²) in [5.41, 5.74) is -1.36. The van der Waals surface area contributed by atoms with E-state index in [4.69, 9.17) is 6.42 Å². The highest BCUT2D eigenvalue weighted by molar-refractivity contribution is 5.93. The van der Waals surface area contributed by atoms with Crippen LogP contribution in [0.3, 0.4) is 0 Å². The monoisotopic (exact) mass is 193 g/mol. The van der Waals surface area contributed by atoms with Crippen molar-refractivity contribution in [2.75, 3.05) is 0 Å². The Labute approximate surface area is 74.5 Å². The second-order valence-electron chi connectivity index (χ2n) is 3.27. The standard InChI is InChI=1S/C8H10F3NO/c1-4-6(13)12-7(2,3)5-8(9,10)11/h1H,5H2,2-3H3,(H,12,13). The summed E-state index contributed by atoms with van der Waals surface area (Å²) in [5, 5.41) is 2.07. The van der Waals surface area contributed by atoms with E-state index in [0.29, 0.717) is 0 Å². The van der Waals surface area contributed by atoms with Gasteiger partial charge in [-0.25, -0.2) is 0 Å². The molecule has 2 nitrogen and oxygen atoms in total. The van der Waals surface area contributed by atoms with Gasteiger partial charge in [0.15, 0.2) is 0 Å². The van der Waals surface area contributed by atoms with Crippen molar-refractivity contribution in [3.8, 4) is 12.3 Å². The zero-order valence-electron chi connectivity index (χ0n) is 7.33. The molecule has 5 heteroatoms. The number of hydrogen-bond acceptors (Lipinski definition) is 1. The van der Waals surface area contributed by atoms with Crippen LogP contribution in [0.4, 0.5) is 13.2 Å². The van der Waals surface area contributed by atoms with Crippen LogP contribution in [0.25, 0.3) is 0 Å². The fourth-order valence-corrected chi connectivity index (χ4v) is 0.889. The molecule has 0 rings (SSSR count). The Morgan fingerprint density at radius 3 is 2.23 bits per heavy atom. The van der Waals surface area contributed by atoms with Crippen molar-refractivity contribution in [3.63, 3.8) is 0 Å². The predicted octanol–water partition coefficient (Wildman–Crippen LogP) is 1.47. The summed E-state index contributed by atoms with van der Waals surface area (Å²) in [6, 6.07) is 0. The minimum atomic E-state index is -4.31. The number of carbonyl (C=O) groups excluding carboxylic acids is 1. The predicted molar refractivity (Wildman–Crippen MR) is 41.7 cm³/mol. The molecule has 0 atom stereocenters. The van der Waals surface area contributed by atoms with Gasteiger partial charge in [-0.15, -0.1) is 6.42 Å². The number of amides is 1. The second kappa shape index (κ2) is 3.69. The third-order valence-electron chi connectivity index (χ3n) is 1.23. The van der Waals surface area contributed by atoms with Gasteiger partial charge in [0.25, 0.3) is 5.91 Å². The Kier molecular flexibility index (Phi) is 3.35. The Balaban J connectivity index is 4.26. The molecule has 0 spiro atoms. The van der Waals surface area contributed by atoms with Crippen molar-refractivity contribution < 1.29 is 18.0 Å². The number of hydrogen-bond donors (Lipinski definition) is 1. The lowest BCUT2D eigenvalue weighted by atomic mass is 10.0. The van der Waals surface area contributed by atoms with Crippen LogP contribution in [0, 0.1) is 12.3 Å². The first kappa shape index (κ1) is 11.8. The molecule has 74 valence electrons. The average Bonchev–Trinajstić information content (AvgIpc) is 1.80. The molecular weight excluding hydrogens is 183 g/mol. The molecule has 0 aromatic rings. The molecule has 0 saturated carbocycles. The summed E-state index contributed by atoms with van der Waals surface area (Å²) in [4.78, 5) is 10.6. The highest BCUT2D eigenvalue weighted by Crippen LogP contribution is 2.26. The fraction of sp³-hybridized carbons (Fsp3) is 0.625. The summed E-state index contributed by atoms with van der Waals surface area (Å²) >= 11 is 0. The molecule has 1 N–H and O–H groups in total. The molecule has 0 bridgehead atoms. The van der Waals surface area contributed by atoms with Crippen molar-refractivity contribution >= 4 is 5.91 Å². The van der Waals surface area contributed by atoms with E-state index in [2.05, 4.69) is 5.32 Å². The van der Waals surface area contributed by atoms with Crippen molar-refractivity contribution in [3.05, 3.63) is 0 Å². The van der Waals surface area contributed by atoms with E-state index in [1.807, 2.05) is 0 Å². The van der Waals surface area contributed by atoms with Crippen molar-refractivity contribution in [2.24, 2.45) is 0 Å². The summed E-state index contributed by atoms with van der Waals surface area (Å²) in [5.74, 6) is 0.851. The average molecular weight is 193 g/mol. The molecule has 1 amide bonds. The van der Waals surface area contributed by atoms with E-state index < -0.39 is 24.0 Å². The van der Waals surface area contributed by atoms with E-state index in [1.54, 1.807) is 5.92 Å². The molecule has 0 saturated heterocycles. The van der Waals surface area contributed by atoms with Crippen LogP contribution in [0.2, 0.25) is 0 Å². The topological polar surface area (TPSA) is 29.1 Å². The molecule has 0 fully saturated rings. The van der Waals surface area contributed by atoms with Gasteiger partial charge in [-0.1, -0.05) is 0 Å². The fourth-order valence-electron chi connectivity index (χ4n) is 0.889. The molecule has 0 aliphatic heterocycles. The minimum absolute atomic E-state index is 0.839. The second-order valence-corrected chi connectivity index (χ2v) is 3.27. The van der Waals surface area contributed by atoms with Crippen LogP contribution in [-0.4, -0.2) is 17.6 Å². The van der Waals surface area contributed by atoms with Crippen molar-refractivity contribution in [1.29, 1.82) is 0 Å². The number of halogens is 3. The maximum Gasteiger partial charge on any atom is 0.391 e. The van der Waals surface area contributed by atoms with Gasteiger partial charge >= 0.3 is 6.18 Å². The third-order valence-corrected chi connectivity index (χ3v) is 1.23. The largest absolute Gasteiger partial charge is 0.391 e. The van der Waals surface area contributed by atoms with Gasteiger partial charge in [0, 0.05) is 5.54 Å². The number of carbonyl (C=O) groups is 1. The van der Waals surface area contributed by atoms with Crippen LogP contribution >= 0.6 is 0 Å². The third kappa shape index (κ3) is 6.02. The van der Waals surface area contributed by atoms with E-state index in [-0.39, 0.29) is 0 Å². The quantitative estimate of drug-likeness (QED) is 0.661. The molecule has 0 aromatic carbocycles.